The first-order valence-electron chi connectivity index (χ1n) is 16.2. The number of methoxy groups -OCH3 is 1. The summed E-state index contributed by atoms with van der Waals surface area (Å²) in [5.74, 6) is -18.9. The van der Waals surface area contributed by atoms with Crippen LogP contribution in [0.2, 0.25) is 0 Å². The fraction of sp³-hybridized carbons (Fsp3) is 0.568. The van der Waals surface area contributed by atoms with Crippen LogP contribution >= 0.6 is 0 Å². The number of fused-ring (bicyclic) bond motifs is 1. The lowest BCUT2D eigenvalue weighted by Crippen LogP contribution is -2.58. The normalized spacial score (nSPS) is 13.8. The van der Waals surface area contributed by atoms with Gasteiger partial charge in [-0.05, 0) is 59.9 Å². The van der Waals surface area contributed by atoms with Crippen LogP contribution in [0.5, 0.6) is 11.5 Å². The van der Waals surface area contributed by atoms with Crippen molar-refractivity contribution in [3.05, 3.63) is 58.4 Å². The van der Waals surface area contributed by atoms with E-state index in [2.05, 4.69) is 11.7 Å². The highest BCUT2D eigenvalue weighted by Crippen LogP contribution is 2.47. The van der Waals surface area contributed by atoms with E-state index in [9.17, 15) is 35.9 Å². The number of alkyl halides is 6. The summed E-state index contributed by atoms with van der Waals surface area (Å²) in [7, 11) is 1.47. The molecule has 0 bridgehead atoms. The maximum Gasteiger partial charge on any atom is 0.378 e. The predicted molar refractivity (Wildman–Crippen MR) is 176 cm³/mol. The van der Waals surface area contributed by atoms with Gasteiger partial charge in [0.25, 0.3) is 0 Å². The van der Waals surface area contributed by atoms with Gasteiger partial charge in [0.2, 0.25) is 0 Å². The van der Waals surface area contributed by atoms with E-state index in [1.165, 1.54) is 19.2 Å². The fourth-order valence-electron chi connectivity index (χ4n) is 5.30. The Morgan fingerprint density at radius 3 is 2.08 bits per heavy atom. The Morgan fingerprint density at radius 1 is 0.837 bits per heavy atom. The molecule has 3 aromatic rings. The molecule has 0 N–H and O–H groups in total. The first kappa shape index (κ1) is 39.7. The highest BCUT2D eigenvalue weighted by molar-refractivity contribution is 5.84. The maximum atomic E-state index is 14.7. The second kappa shape index (κ2) is 15.0. The van der Waals surface area contributed by atoms with Crippen molar-refractivity contribution in [3.63, 3.8) is 0 Å². The molecule has 0 aliphatic carbocycles. The first-order valence-corrected chi connectivity index (χ1v) is 16.2. The molecular weight excluding hydrogens is 654 g/mol. The third-order valence-electron chi connectivity index (χ3n) is 8.21. The maximum absolute atomic E-state index is 14.7. The number of carbonyl (C=O) groups is 1. The third-order valence-corrected chi connectivity index (χ3v) is 8.21. The minimum Gasteiger partial charge on any atom is -0.496 e. The number of benzene rings is 2. The van der Waals surface area contributed by atoms with Crippen LogP contribution < -0.4 is 15.1 Å². The van der Waals surface area contributed by atoms with Gasteiger partial charge in [-0.25, -0.2) is 4.79 Å². The average Bonchev–Trinajstić information content (AvgIpc) is 3.00. The van der Waals surface area contributed by atoms with Gasteiger partial charge in [-0.1, -0.05) is 73.4 Å². The number of esters is 1. The molecule has 12 heteroatoms. The van der Waals surface area contributed by atoms with Crippen molar-refractivity contribution in [1.82, 2.24) is 0 Å². The van der Waals surface area contributed by atoms with Crippen LogP contribution in [0.1, 0.15) is 79.7 Å². The van der Waals surface area contributed by atoms with Crippen molar-refractivity contribution in [2.24, 2.45) is 16.7 Å². The van der Waals surface area contributed by atoms with Gasteiger partial charge in [0.15, 0.2) is 13.2 Å². The Balaban J connectivity index is 1.76. The lowest BCUT2D eigenvalue weighted by atomic mass is 9.72. The quantitative estimate of drug-likeness (QED) is 0.0680. The molecule has 1 unspecified atom stereocenters. The first-order chi connectivity index (χ1) is 22.5. The summed E-state index contributed by atoms with van der Waals surface area (Å²) in [5, 5.41) is 0.349. The number of hydrogen-bond acceptors (Lipinski definition) is 6. The molecule has 0 saturated carbocycles. The highest BCUT2D eigenvalue weighted by Gasteiger charge is 2.72. The number of hydrogen-bond donors (Lipinski definition) is 0. The monoisotopic (exact) mass is 700 g/mol. The number of ether oxygens (including phenoxy) is 3. The summed E-state index contributed by atoms with van der Waals surface area (Å²) in [6, 6.07) is 10.5. The second-order valence-corrected chi connectivity index (χ2v) is 14.7. The Hall–Kier alpha value is -3.70. The van der Waals surface area contributed by atoms with E-state index in [0.29, 0.717) is 16.7 Å². The van der Waals surface area contributed by atoms with Crippen molar-refractivity contribution in [1.29, 1.82) is 0 Å². The molecule has 2 aromatic carbocycles. The van der Waals surface area contributed by atoms with E-state index in [1.54, 1.807) is 47.6 Å². The lowest BCUT2D eigenvalue weighted by molar-refractivity contribution is -0.322. The summed E-state index contributed by atoms with van der Waals surface area (Å²) >= 11 is 0. The Morgan fingerprint density at radius 2 is 1.49 bits per heavy atom. The molecule has 3 rings (SSSR count). The standard InChI is InChI=1S/C37H46F6O6/c1-9-10-11-12-23-13-16-26(30(17-23)46-8)27-18-24-14-15-25(19-29(24)49-31(27)44)47-21-35(38,39)37(42,43)36(40,41)22-48-32(45)28(34(5,6)7)20-33(2,3)4/h13-19,28H,9-12,20-22H2,1-8H3. The van der Waals surface area contributed by atoms with Crippen LogP contribution in [0.25, 0.3) is 22.1 Å². The van der Waals surface area contributed by atoms with Crippen LogP contribution in [0.3, 0.4) is 0 Å². The molecule has 1 atom stereocenters. The third kappa shape index (κ3) is 9.72. The van der Waals surface area contributed by atoms with Gasteiger partial charge in [0.1, 0.15) is 17.1 Å². The van der Waals surface area contributed by atoms with Crippen molar-refractivity contribution in [2.75, 3.05) is 20.3 Å². The smallest absolute Gasteiger partial charge is 0.378 e. The molecule has 1 heterocycles. The molecule has 0 saturated heterocycles. The van der Waals surface area contributed by atoms with Gasteiger partial charge in [0.05, 0.1) is 18.6 Å². The van der Waals surface area contributed by atoms with E-state index in [-0.39, 0.29) is 17.6 Å². The van der Waals surface area contributed by atoms with Gasteiger partial charge in [-0.2, -0.15) is 26.3 Å². The number of unbranched alkanes of at least 4 members (excludes halogenated alkanes) is 2. The predicted octanol–water partition coefficient (Wildman–Crippen LogP) is 10.1. The number of carbonyl (C=O) groups excluding carboxylic acids is 1. The van der Waals surface area contributed by atoms with E-state index >= 15 is 0 Å². The molecule has 0 radical (unpaired) electrons. The Labute approximate surface area is 283 Å². The van der Waals surface area contributed by atoms with E-state index < -0.39 is 65.1 Å². The van der Waals surface area contributed by atoms with Crippen molar-refractivity contribution in [2.45, 2.75) is 98.3 Å². The molecule has 0 spiro atoms. The van der Waals surface area contributed by atoms with E-state index in [4.69, 9.17) is 13.9 Å². The van der Waals surface area contributed by atoms with Crippen molar-refractivity contribution >= 4 is 16.9 Å². The summed E-state index contributed by atoms with van der Waals surface area (Å²) < 4.78 is 108. The molecule has 0 aliphatic rings. The Kier molecular flexibility index (Phi) is 12.2. The van der Waals surface area contributed by atoms with E-state index in [0.717, 1.165) is 43.4 Å². The SMILES string of the molecule is CCCCCc1ccc(-c2cc3ccc(OCC(F)(F)C(F)(F)C(F)(F)COC(=O)C(CC(C)(C)C)C(C)(C)C)cc3oc2=O)c(OC)c1. The molecule has 0 fully saturated rings. The van der Waals surface area contributed by atoms with Gasteiger partial charge in [-0.15, -0.1) is 0 Å². The fourth-order valence-corrected chi connectivity index (χ4v) is 5.30. The van der Waals surface area contributed by atoms with Crippen LogP contribution in [0.15, 0.2) is 51.7 Å². The van der Waals surface area contributed by atoms with E-state index in [1.807, 2.05) is 12.1 Å². The number of halogens is 6. The minimum atomic E-state index is -5.95. The van der Waals surface area contributed by atoms with Crippen molar-refractivity contribution < 1.29 is 49.8 Å². The van der Waals surface area contributed by atoms with Gasteiger partial charge in [-0.3, -0.25) is 4.79 Å². The summed E-state index contributed by atoms with van der Waals surface area (Å²) in [5.41, 5.74) is -0.441. The molecule has 272 valence electrons. The molecule has 6 nitrogen and oxygen atoms in total. The summed E-state index contributed by atoms with van der Waals surface area (Å²) in [6.45, 7) is 8.08. The largest absolute Gasteiger partial charge is 0.496 e. The molecule has 49 heavy (non-hydrogen) atoms. The summed E-state index contributed by atoms with van der Waals surface area (Å²) in [4.78, 5) is 25.6. The molecule has 1 aromatic heterocycles. The summed E-state index contributed by atoms with van der Waals surface area (Å²) in [6.07, 6.45) is 4.17. The van der Waals surface area contributed by atoms with Gasteiger partial charge >= 0.3 is 29.4 Å². The second-order valence-electron chi connectivity index (χ2n) is 14.7. The number of aryl methyl sites for hydroxylation is 1. The molecule has 0 aliphatic heterocycles. The van der Waals surface area contributed by atoms with Crippen LogP contribution in [-0.2, 0) is 16.0 Å². The lowest BCUT2D eigenvalue weighted by Gasteiger charge is -2.35. The molecule has 0 amide bonds. The van der Waals surface area contributed by atoms with Crippen LogP contribution in [0.4, 0.5) is 26.3 Å². The van der Waals surface area contributed by atoms with Gasteiger partial charge < -0.3 is 18.6 Å². The van der Waals surface area contributed by atoms with Crippen molar-refractivity contribution in [3.8, 4) is 22.6 Å². The number of rotatable bonds is 15. The Bertz CT molecular complexity index is 1650. The minimum absolute atomic E-state index is 0.114. The topological polar surface area (TPSA) is 75.0 Å². The zero-order valence-electron chi connectivity index (χ0n) is 29.3. The average molecular weight is 701 g/mol. The zero-order valence-corrected chi connectivity index (χ0v) is 29.3. The van der Waals surface area contributed by atoms with Crippen LogP contribution in [-0.4, -0.2) is 44.1 Å². The van der Waals surface area contributed by atoms with Gasteiger partial charge in [0, 0.05) is 17.0 Å². The molecular formula is C37H46F6O6. The highest BCUT2D eigenvalue weighted by atomic mass is 19.3. The zero-order chi connectivity index (χ0) is 37.0. The van der Waals surface area contributed by atoms with Crippen LogP contribution in [0, 0.1) is 16.7 Å².